The molecule has 0 saturated heterocycles. The van der Waals surface area contributed by atoms with Crippen molar-refractivity contribution >= 4 is 5.91 Å². The average molecular weight is 322 g/mol. The van der Waals surface area contributed by atoms with Crippen molar-refractivity contribution in [2.24, 2.45) is 0 Å². The third-order valence-electron chi connectivity index (χ3n) is 3.67. The molecular formula is C17H18N6O. The van der Waals surface area contributed by atoms with Crippen LogP contribution in [0.3, 0.4) is 0 Å². The summed E-state index contributed by atoms with van der Waals surface area (Å²) in [5, 5.41) is 14.1. The zero-order chi connectivity index (χ0) is 16.6. The van der Waals surface area contributed by atoms with E-state index in [-0.39, 0.29) is 5.91 Å². The minimum Gasteiger partial charge on any atom is -0.354 e. The molecule has 1 amide bonds. The molecule has 3 aromatic rings. The summed E-state index contributed by atoms with van der Waals surface area (Å²) in [6, 6.07) is 15.1. The minimum absolute atomic E-state index is 0.109. The number of tetrazole rings is 1. The van der Waals surface area contributed by atoms with Gasteiger partial charge in [0.1, 0.15) is 12.4 Å². The first kappa shape index (κ1) is 15.8. The highest BCUT2D eigenvalue weighted by molar-refractivity contribution is 5.80. The fourth-order valence-corrected chi connectivity index (χ4v) is 2.43. The molecule has 0 aliphatic heterocycles. The smallest absolute Gasteiger partial charge is 0.245 e. The molecule has 122 valence electrons. The summed E-state index contributed by atoms with van der Waals surface area (Å²) in [6.07, 6.45) is 4.42. The molecule has 0 aliphatic carbocycles. The summed E-state index contributed by atoms with van der Waals surface area (Å²) in [7, 11) is 0. The van der Waals surface area contributed by atoms with Crippen LogP contribution in [0.2, 0.25) is 0 Å². The summed E-state index contributed by atoms with van der Waals surface area (Å²) >= 11 is 0. The number of hydrogen-bond acceptors (Lipinski definition) is 5. The van der Waals surface area contributed by atoms with E-state index in [1.165, 1.54) is 11.0 Å². The van der Waals surface area contributed by atoms with Crippen molar-refractivity contribution in [3.05, 3.63) is 72.3 Å². The number of carbonyl (C=O) groups excluding carboxylic acids is 1. The maximum atomic E-state index is 12.6. The first-order valence-electron chi connectivity index (χ1n) is 7.77. The van der Waals surface area contributed by atoms with Gasteiger partial charge in [0.25, 0.3) is 0 Å². The predicted molar refractivity (Wildman–Crippen MR) is 88.0 cm³/mol. The van der Waals surface area contributed by atoms with Crippen LogP contribution in [-0.2, 0) is 17.6 Å². The molecular weight excluding hydrogens is 304 g/mol. The molecule has 1 N–H and O–H groups in total. The van der Waals surface area contributed by atoms with Crippen molar-refractivity contribution in [2.75, 3.05) is 6.54 Å². The highest BCUT2D eigenvalue weighted by Crippen LogP contribution is 2.13. The van der Waals surface area contributed by atoms with Gasteiger partial charge < -0.3 is 5.32 Å². The second kappa shape index (κ2) is 7.96. The molecule has 2 aromatic heterocycles. The molecule has 3 rings (SSSR count). The molecule has 0 saturated carbocycles. The fourth-order valence-electron chi connectivity index (χ4n) is 2.43. The monoisotopic (exact) mass is 322 g/mol. The summed E-state index contributed by atoms with van der Waals surface area (Å²) in [5.41, 5.74) is 2.00. The second-order valence-electron chi connectivity index (χ2n) is 5.36. The number of pyridine rings is 1. The third kappa shape index (κ3) is 4.22. The highest BCUT2D eigenvalue weighted by atomic mass is 16.2. The van der Waals surface area contributed by atoms with Crippen molar-refractivity contribution in [3.63, 3.8) is 0 Å². The molecule has 2 heterocycles. The Morgan fingerprint density at radius 3 is 2.67 bits per heavy atom. The molecule has 0 unspecified atom stereocenters. The molecule has 1 atom stereocenters. The van der Waals surface area contributed by atoms with E-state index in [1.807, 2.05) is 48.5 Å². The zero-order valence-corrected chi connectivity index (χ0v) is 13.1. The Morgan fingerprint density at radius 1 is 1.12 bits per heavy atom. The number of nitrogens with one attached hydrogen (secondary N) is 1. The number of aromatic nitrogens is 5. The topological polar surface area (TPSA) is 85.6 Å². The summed E-state index contributed by atoms with van der Waals surface area (Å²) in [5.74, 6) is -0.109. The van der Waals surface area contributed by atoms with Gasteiger partial charge >= 0.3 is 0 Å². The molecule has 0 fully saturated rings. The number of amides is 1. The lowest BCUT2D eigenvalue weighted by atomic mass is 10.1. The van der Waals surface area contributed by atoms with Gasteiger partial charge in [0.15, 0.2) is 0 Å². The van der Waals surface area contributed by atoms with Crippen LogP contribution in [0.1, 0.15) is 17.3 Å². The standard InChI is InChI=1S/C17H18N6O/c24-17(19-11-9-15-8-4-5-10-18-15)16(23-13-20-21-22-23)12-14-6-2-1-3-7-14/h1-8,10,13,16H,9,11-12H2,(H,19,24)/t16-/m1/s1. The first-order valence-corrected chi connectivity index (χ1v) is 7.77. The SMILES string of the molecule is O=C(NCCc1ccccn1)[C@@H](Cc1ccccc1)n1cnnn1. The predicted octanol–water partition coefficient (Wildman–Crippen LogP) is 1.21. The van der Waals surface area contributed by atoms with Crippen LogP contribution in [0.4, 0.5) is 0 Å². The van der Waals surface area contributed by atoms with E-state index < -0.39 is 6.04 Å². The van der Waals surface area contributed by atoms with Gasteiger partial charge in [0, 0.05) is 31.3 Å². The maximum absolute atomic E-state index is 12.6. The van der Waals surface area contributed by atoms with Crippen molar-refractivity contribution in [1.29, 1.82) is 0 Å². The van der Waals surface area contributed by atoms with Crippen LogP contribution in [0.25, 0.3) is 0 Å². The van der Waals surface area contributed by atoms with Gasteiger partial charge in [-0.3, -0.25) is 9.78 Å². The Hall–Kier alpha value is -3.09. The molecule has 1 aromatic carbocycles. The number of nitrogens with zero attached hydrogens (tertiary/aromatic N) is 5. The van der Waals surface area contributed by atoms with E-state index in [4.69, 9.17) is 0 Å². The van der Waals surface area contributed by atoms with Crippen LogP contribution in [0.15, 0.2) is 61.1 Å². The fraction of sp³-hybridized carbons (Fsp3) is 0.235. The lowest BCUT2D eigenvalue weighted by Crippen LogP contribution is -2.35. The Balaban J connectivity index is 1.63. The van der Waals surface area contributed by atoms with Crippen LogP contribution in [-0.4, -0.2) is 37.6 Å². The number of benzene rings is 1. The van der Waals surface area contributed by atoms with Crippen molar-refractivity contribution in [3.8, 4) is 0 Å². The van der Waals surface area contributed by atoms with E-state index >= 15 is 0 Å². The van der Waals surface area contributed by atoms with E-state index in [1.54, 1.807) is 6.20 Å². The first-order chi connectivity index (χ1) is 11.8. The lowest BCUT2D eigenvalue weighted by molar-refractivity contribution is -0.124. The summed E-state index contributed by atoms with van der Waals surface area (Å²) in [4.78, 5) is 16.8. The largest absolute Gasteiger partial charge is 0.354 e. The van der Waals surface area contributed by atoms with Gasteiger partial charge in [-0.05, 0) is 28.1 Å². The lowest BCUT2D eigenvalue weighted by Gasteiger charge is -2.16. The Bertz CT molecular complexity index is 745. The van der Waals surface area contributed by atoms with Gasteiger partial charge in [-0.25, -0.2) is 4.68 Å². The van der Waals surface area contributed by atoms with E-state index in [9.17, 15) is 4.79 Å². The Kier molecular flexibility index (Phi) is 5.24. The zero-order valence-electron chi connectivity index (χ0n) is 13.1. The van der Waals surface area contributed by atoms with Crippen molar-refractivity contribution < 1.29 is 4.79 Å². The van der Waals surface area contributed by atoms with Gasteiger partial charge in [-0.15, -0.1) is 5.10 Å². The molecule has 7 heteroatoms. The van der Waals surface area contributed by atoms with Crippen LogP contribution in [0.5, 0.6) is 0 Å². The number of carbonyl (C=O) groups is 1. The highest BCUT2D eigenvalue weighted by Gasteiger charge is 2.21. The van der Waals surface area contributed by atoms with E-state index in [0.29, 0.717) is 19.4 Å². The normalized spacial score (nSPS) is 11.8. The van der Waals surface area contributed by atoms with Crippen molar-refractivity contribution in [2.45, 2.75) is 18.9 Å². The molecule has 7 nitrogen and oxygen atoms in total. The van der Waals surface area contributed by atoms with E-state index in [2.05, 4.69) is 25.8 Å². The Morgan fingerprint density at radius 2 is 1.96 bits per heavy atom. The third-order valence-corrected chi connectivity index (χ3v) is 3.67. The quantitative estimate of drug-likeness (QED) is 0.707. The summed E-state index contributed by atoms with van der Waals surface area (Å²) in [6.45, 7) is 0.517. The molecule has 0 radical (unpaired) electrons. The van der Waals surface area contributed by atoms with Gasteiger partial charge in [-0.1, -0.05) is 36.4 Å². The Labute approximate surface area is 139 Å². The molecule has 0 spiro atoms. The van der Waals surface area contributed by atoms with Gasteiger partial charge in [0.05, 0.1) is 0 Å². The van der Waals surface area contributed by atoms with Gasteiger partial charge in [0.2, 0.25) is 5.91 Å². The number of hydrogen-bond donors (Lipinski definition) is 1. The number of rotatable bonds is 7. The van der Waals surface area contributed by atoms with Gasteiger partial charge in [-0.2, -0.15) is 0 Å². The molecule has 0 aliphatic rings. The van der Waals surface area contributed by atoms with Crippen LogP contribution in [0, 0.1) is 0 Å². The van der Waals surface area contributed by atoms with Crippen molar-refractivity contribution in [1.82, 2.24) is 30.5 Å². The maximum Gasteiger partial charge on any atom is 0.245 e. The van der Waals surface area contributed by atoms with Crippen LogP contribution < -0.4 is 5.32 Å². The minimum atomic E-state index is -0.480. The average Bonchev–Trinajstić information content (AvgIpc) is 3.16. The molecule has 0 bridgehead atoms. The van der Waals surface area contributed by atoms with E-state index in [0.717, 1.165) is 11.3 Å². The second-order valence-corrected chi connectivity index (χ2v) is 5.36. The van der Waals surface area contributed by atoms with Crippen LogP contribution >= 0.6 is 0 Å². The molecule has 24 heavy (non-hydrogen) atoms. The summed E-state index contributed by atoms with van der Waals surface area (Å²) < 4.78 is 1.49.